The fraction of sp³-hybridized carbons (Fsp3) is 0.733. The van der Waals surface area contributed by atoms with Gasteiger partial charge in [-0.3, -0.25) is 4.90 Å². The van der Waals surface area contributed by atoms with Crippen molar-refractivity contribution in [3.05, 3.63) is 21.9 Å². The number of nitrogens with one attached hydrogen (secondary N) is 1. The second kappa shape index (κ2) is 5.92. The van der Waals surface area contributed by atoms with E-state index in [9.17, 15) is 0 Å². The van der Waals surface area contributed by atoms with Crippen LogP contribution >= 0.6 is 11.3 Å². The number of morpholine rings is 1. The number of likely N-dealkylation sites (N-methyl/N-ethyl adjacent to an activating group) is 2. The minimum atomic E-state index is 0.232. The molecule has 108 valence electrons. The van der Waals surface area contributed by atoms with Gasteiger partial charge in [-0.15, -0.1) is 11.3 Å². The molecule has 1 aliphatic rings. The maximum absolute atomic E-state index is 5.95. The zero-order valence-electron chi connectivity index (χ0n) is 12.7. The summed E-state index contributed by atoms with van der Waals surface area (Å²) in [5.74, 6) is 0. The fourth-order valence-corrected chi connectivity index (χ4v) is 3.83. The largest absolute Gasteiger partial charge is 0.374 e. The SMILES string of the molecule is CNCC1OCCN(C)C1c1ccc(C(C)(C)C)s1. The van der Waals surface area contributed by atoms with Gasteiger partial charge < -0.3 is 10.1 Å². The third kappa shape index (κ3) is 3.37. The maximum Gasteiger partial charge on any atom is 0.0904 e. The van der Waals surface area contributed by atoms with Crippen LogP contribution in [0.3, 0.4) is 0 Å². The highest BCUT2D eigenvalue weighted by atomic mass is 32.1. The maximum atomic E-state index is 5.95. The van der Waals surface area contributed by atoms with E-state index >= 15 is 0 Å². The molecule has 2 rings (SSSR count). The molecule has 2 unspecified atom stereocenters. The van der Waals surface area contributed by atoms with E-state index in [1.807, 2.05) is 18.4 Å². The summed E-state index contributed by atoms with van der Waals surface area (Å²) >= 11 is 1.93. The molecule has 1 saturated heterocycles. The molecule has 0 spiro atoms. The third-order valence-electron chi connectivity index (χ3n) is 3.67. The van der Waals surface area contributed by atoms with Gasteiger partial charge in [0.25, 0.3) is 0 Å². The predicted octanol–water partition coefficient (Wildman–Crippen LogP) is 2.64. The molecule has 0 saturated carbocycles. The van der Waals surface area contributed by atoms with E-state index in [1.165, 1.54) is 9.75 Å². The lowest BCUT2D eigenvalue weighted by Crippen LogP contribution is -2.46. The van der Waals surface area contributed by atoms with Crippen LogP contribution in [0.4, 0.5) is 0 Å². The van der Waals surface area contributed by atoms with Crippen LogP contribution in [-0.2, 0) is 10.2 Å². The van der Waals surface area contributed by atoms with Crippen molar-refractivity contribution < 1.29 is 4.74 Å². The van der Waals surface area contributed by atoms with Crippen molar-refractivity contribution in [2.24, 2.45) is 0 Å². The second-order valence-electron chi connectivity index (χ2n) is 6.34. The number of thiophene rings is 1. The van der Waals surface area contributed by atoms with Gasteiger partial charge in [0.15, 0.2) is 0 Å². The first kappa shape index (κ1) is 15.0. The van der Waals surface area contributed by atoms with Gasteiger partial charge in [0.2, 0.25) is 0 Å². The molecule has 19 heavy (non-hydrogen) atoms. The normalized spacial score (nSPS) is 25.7. The van der Waals surface area contributed by atoms with Gasteiger partial charge in [-0.25, -0.2) is 0 Å². The van der Waals surface area contributed by atoms with Crippen molar-refractivity contribution in [2.45, 2.75) is 38.3 Å². The molecule has 0 radical (unpaired) electrons. The second-order valence-corrected chi connectivity index (χ2v) is 7.46. The smallest absolute Gasteiger partial charge is 0.0904 e. The molecule has 1 fully saturated rings. The van der Waals surface area contributed by atoms with E-state index < -0.39 is 0 Å². The summed E-state index contributed by atoms with van der Waals surface area (Å²) in [6.07, 6.45) is 0.246. The molecule has 4 heteroatoms. The van der Waals surface area contributed by atoms with Gasteiger partial charge in [-0.2, -0.15) is 0 Å². The molecule has 1 aliphatic heterocycles. The van der Waals surface area contributed by atoms with Crippen LogP contribution < -0.4 is 5.32 Å². The van der Waals surface area contributed by atoms with Gasteiger partial charge in [0, 0.05) is 22.8 Å². The Labute approximate surface area is 121 Å². The van der Waals surface area contributed by atoms with Crippen LogP contribution in [0, 0.1) is 0 Å². The van der Waals surface area contributed by atoms with Gasteiger partial charge >= 0.3 is 0 Å². The zero-order valence-corrected chi connectivity index (χ0v) is 13.5. The summed E-state index contributed by atoms with van der Waals surface area (Å²) in [5, 5.41) is 3.25. The number of hydrogen-bond acceptors (Lipinski definition) is 4. The third-order valence-corrected chi connectivity index (χ3v) is 5.25. The highest BCUT2D eigenvalue weighted by molar-refractivity contribution is 7.12. The van der Waals surface area contributed by atoms with Gasteiger partial charge in [0.1, 0.15) is 0 Å². The van der Waals surface area contributed by atoms with E-state index in [-0.39, 0.29) is 11.5 Å². The van der Waals surface area contributed by atoms with Crippen molar-refractivity contribution in [2.75, 3.05) is 33.8 Å². The first-order valence-electron chi connectivity index (χ1n) is 7.00. The molecule has 0 aliphatic carbocycles. The van der Waals surface area contributed by atoms with E-state index in [2.05, 4.69) is 50.2 Å². The molecule has 3 nitrogen and oxygen atoms in total. The number of nitrogens with zero attached hydrogens (tertiary/aromatic N) is 1. The van der Waals surface area contributed by atoms with Crippen molar-refractivity contribution in [1.29, 1.82) is 0 Å². The Hall–Kier alpha value is -0.420. The molecule has 1 aromatic heterocycles. The number of ether oxygens (including phenoxy) is 1. The molecule has 2 heterocycles. The summed E-state index contributed by atoms with van der Waals surface area (Å²) in [6, 6.07) is 4.94. The monoisotopic (exact) mass is 282 g/mol. The summed E-state index contributed by atoms with van der Waals surface area (Å²) in [5.41, 5.74) is 0.232. The molecule has 0 amide bonds. The average molecular weight is 282 g/mol. The van der Waals surface area contributed by atoms with Crippen LogP contribution in [0.25, 0.3) is 0 Å². The van der Waals surface area contributed by atoms with E-state index in [4.69, 9.17) is 4.74 Å². The van der Waals surface area contributed by atoms with Crippen LogP contribution in [0.15, 0.2) is 12.1 Å². The summed E-state index contributed by atoms with van der Waals surface area (Å²) < 4.78 is 5.95. The number of rotatable bonds is 3. The van der Waals surface area contributed by atoms with E-state index in [1.54, 1.807) is 0 Å². The fourth-order valence-electron chi connectivity index (χ4n) is 2.55. The van der Waals surface area contributed by atoms with Crippen molar-refractivity contribution in [1.82, 2.24) is 10.2 Å². The first-order valence-corrected chi connectivity index (χ1v) is 7.82. The Kier molecular flexibility index (Phi) is 4.66. The van der Waals surface area contributed by atoms with Crippen LogP contribution in [0.1, 0.15) is 36.6 Å². The minimum absolute atomic E-state index is 0.232. The standard InChI is InChI=1S/C15H26N2OS/c1-15(2,3)13-7-6-12(19-13)14-11(10-16-4)18-9-8-17(14)5/h6-7,11,14,16H,8-10H2,1-5H3. The first-order chi connectivity index (χ1) is 8.93. The quantitative estimate of drug-likeness (QED) is 0.922. The molecule has 1 aromatic rings. The highest BCUT2D eigenvalue weighted by Crippen LogP contribution is 2.37. The average Bonchev–Trinajstić information content (AvgIpc) is 2.78. The minimum Gasteiger partial charge on any atom is -0.374 e. The summed E-state index contributed by atoms with van der Waals surface area (Å²) in [7, 11) is 4.19. The molecule has 2 atom stereocenters. The van der Waals surface area contributed by atoms with E-state index in [0.717, 1.165) is 19.7 Å². The predicted molar refractivity (Wildman–Crippen MR) is 82.1 cm³/mol. The van der Waals surface area contributed by atoms with Gasteiger partial charge in [-0.05, 0) is 31.6 Å². The molecule has 1 N–H and O–H groups in total. The zero-order chi connectivity index (χ0) is 14.0. The lowest BCUT2D eigenvalue weighted by molar-refractivity contribution is -0.0594. The Morgan fingerprint density at radius 1 is 1.42 bits per heavy atom. The summed E-state index contributed by atoms with van der Waals surface area (Å²) in [4.78, 5) is 5.29. The van der Waals surface area contributed by atoms with E-state index in [0.29, 0.717) is 6.04 Å². The number of hydrogen-bond donors (Lipinski definition) is 1. The Morgan fingerprint density at radius 2 is 2.16 bits per heavy atom. The topological polar surface area (TPSA) is 24.5 Å². The Morgan fingerprint density at radius 3 is 2.74 bits per heavy atom. The lowest BCUT2D eigenvalue weighted by atomic mass is 9.95. The highest BCUT2D eigenvalue weighted by Gasteiger charge is 2.32. The molecular formula is C15H26N2OS. The van der Waals surface area contributed by atoms with Crippen molar-refractivity contribution >= 4 is 11.3 Å². The van der Waals surface area contributed by atoms with Crippen LogP contribution in [0.2, 0.25) is 0 Å². The Balaban J connectivity index is 2.23. The Bertz CT molecular complexity index is 409. The van der Waals surface area contributed by atoms with Gasteiger partial charge in [-0.1, -0.05) is 20.8 Å². The molecule has 0 bridgehead atoms. The lowest BCUT2D eigenvalue weighted by Gasteiger charge is -2.38. The van der Waals surface area contributed by atoms with Crippen molar-refractivity contribution in [3.8, 4) is 0 Å². The van der Waals surface area contributed by atoms with Crippen molar-refractivity contribution in [3.63, 3.8) is 0 Å². The summed E-state index contributed by atoms with van der Waals surface area (Å²) in [6.45, 7) is 9.56. The van der Waals surface area contributed by atoms with Crippen LogP contribution in [-0.4, -0.2) is 44.8 Å². The molecule has 0 aromatic carbocycles. The van der Waals surface area contributed by atoms with Crippen LogP contribution in [0.5, 0.6) is 0 Å². The van der Waals surface area contributed by atoms with Gasteiger partial charge in [0.05, 0.1) is 18.8 Å². The molecular weight excluding hydrogens is 256 g/mol.